The van der Waals surface area contributed by atoms with Gasteiger partial charge in [-0.25, -0.2) is 9.24 Å². The zero-order valence-electron chi connectivity index (χ0n) is 13.9. The number of benzene rings is 3. The smallest absolute Gasteiger partial charge is 0.255 e. The quantitative estimate of drug-likeness (QED) is 0.354. The minimum absolute atomic E-state index is 0.0198. The van der Waals surface area contributed by atoms with Gasteiger partial charge < -0.3 is 4.74 Å². The Kier molecular flexibility index (Phi) is 5.75. The molecule has 0 atom stereocenters. The molecule has 0 saturated heterocycles. The molecule has 0 heterocycles. The molecule has 0 fully saturated rings. The van der Waals surface area contributed by atoms with Crippen LogP contribution < -0.4 is 4.74 Å². The van der Waals surface area contributed by atoms with Gasteiger partial charge >= 0.3 is 0 Å². The van der Waals surface area contributed by atoms with Crippen LogP contribution in [0, 0.1) is 12.4 Å². The Morgan fingerprint density at radius 3 is 2.48 bits per heavy atom. The molecule has 134 valence electrons. The largest absolute Gasteiger partial charge is 0.488 e. The first-order valence-corrected chi connectivity index (χ1v) is 8.64. The maximum absolute atomic E-state index is 13.9. The molecule has 6 heteroatoms. The Bertz CT molecular complexity index is 1050. The number of hydrogen-bond acceptors (Lipinski definition) is 2. The summed E-state index contributed by atoms with van der Waals surface area (Å²) in [7, 11) is 0. The summed E-state index contributed by atoms with van der Waals surface area (Å²) in [5, 5.41) is -1.01. The van der Waals surface area contributed by atoms with Crippen molar-refractivity contribution < 1.29 is 13.9 Å². The lowest BCUT2D eigenvalue weighted by molar-refractivity contribution is 0.107. The summed E-state index contributed by atoms with van der Waals surface area (Å²) in [6.07, 6.45) is 0. The van der Waals surface area contributed by atoms with Crippen molar-refractivity contribution in [2.24, 2.45) is 0 Å². The second kappa shape index (κ2) is 8.22. The van der Waals surface area contributed by atoms with Crippen LogP contribution in [0.15, 0.2) is 60.7 Å². The molecule has 0 bridgehead atoms. The average Bonchev–Trinajstić information content (AvgIpc) is 2.68. The average molecular weight is 400 g/mol. The molecule has 0 aliphatic rings. The fourth-order valence-electron chi connectivity index (χ4n) is 2.69. The van der Waals surface area contributed by atoms with E-state index in [1.807, 2.05) is 30.3 Å². The third kappa shape index (κ3) is 3.95. The van der Waals surface area contributed by atoms with Crippen molar-refractivity contribution in [1.29, 1.82) is 0 Å². The number of nitrogens with zero attached hydrogens (tertiary/aromatic N) is 1. The lowest BCUT2D eigenvalue weighted by atomic mass is 9.97. The van der Waals surface area contributed by atoms with Crippen LogP contribution in [0.4, 0.5) is 10.1 Å². The van der Waals surface area contributed by atoms with Gasteiger partial charge in [0.2, 0.25) is 0 Å². The highest BCUT2D eigenvalue weighted by atomic mass is 35.5. The van der Waals surface area contributed by atoms with Crippen molar-refractivity contribution >= 4 is 34.1 Å². The van der Waals surface area contributed by atoms with E-state index in [2.05, 4.69) is 4.85 Å². The number of halogens is 3. The van der Waals surface area contributed by atoms with Crippen molar-refractivity contribution in [2.45, 2.75) is 6.61 Å². The van der Waals surface area contributed by atoms with Gasteiger partial charge in [-0.2, -0.15) is 0 Å². The summed E-state index contributed by atoms with van der Waals surface area (Å²) in [6, 6.07) is 16.5. The van der Waals surface area contributed by atoms with E-state index in [0.29, 0.717) is 0 Å². The lowest BCUT2D eigenvalue weighted by Crippen LogP contribution is -2.03. The second-order valence-corrected chi connectivity index (χ2v) is 6.32. The summed E-state index contributed by atoms with van der Waals surface area (Å²) in [4.78, 5) is 15.6. The Morgan fingerprint density at radius 1 is 1.07 bits per heavy atom. The molecule has 0 saturated carbocycles. The third-order valence-corrected chi connectivity index (χ3v) is 4.49. The predicted molar refractivity (Wildman–Crippen MR) is 104 cm³/mol. The van der Waals surface area contributed by atoms with Crippen molar-refractivity contribution in [2.75, 3.05) is 0 Å². The highest BCUT2D eigenvalue weighted by molar-refractivity contribution is 6.68. The summed E-state index contributed by atoms with van der Waals surface area (Å²) in [6.45, 7) is 7.60. The van der Waals surface area contributed by atoms with Crippen LogP contribution in [0.25, 0.3) is 16.0 Å². The number of carbonyl (C=O) groups excluding carboxylic acids is 1. The number of carbonyl (C=O) groups is 1. The van der Waals surface area contributed by atoms with Crippen LogP contribution in [0.2, 0.25) is 5.02 Å². The Morgan fingerprint density at radius 2 is 1.81 bits per heavy atom. The zero-order chi connectivity index (χ0) is 19.4. The van der Waals surface area contributed by atoms with Crippen LogP contribution >= 0.6 is 23.2 Å². The molecule has 3 aromatic rings. The van der Waals surface area contributed by atoms with E-state index in [1.54, 1.807) is 0 Å². The van der Waals surface area contributed by atoms with E-state index in [9.17, 15) is 9.18 Å². The normalized spacial score (nSPS) is 10.3. The zero-order valence-corrected chi connectivity index (χ0v) is 15.4. The van der Waals surface area contributed by atoms with Gasteiger partial charge in [-0.1, -0.05) is 60.1 Å². The third-order valence-electron chi connectivity index (χ3n) is 3.92. The molecule has 3 rings (SSSR count). The Labute approximate surface area is 165 Å². The van der Waals surface area contributed by atoms with Gasteiger partial charge in [0.1, 0.15) is 18.2 Å². The molecule has 0 N–H and O–H groups in total. The summed E-state index contributed by atoms with van der Waals surface area (Å²) in [5.74, 6) is -0.463. The van der Waals surface area contributed by atoms with E-state index < -0.39 is 11.1 Å². The summed E-state index contributed by atoms with van der Waals surface area (Å²) in [5.41, 5.74) is 1.36. The van der Waals surface area contributed by atoms with Crippen molar-refractivity contribution in [3.8, 4) is 16.9 Å². The SMILES string of the molecule is [C-]#[N+]c1ccc(OCc2ccccc2)c(C(=O)Cl)c1-c1cccc(F)c1Cl. The fraction of sp³-hybridized carbons (Fsp3) is 0.0476. The topological polar surface area (TPSA) is 30.7 Å². The summed E-state index contributed by atoms with van der Waals surface area (Å²) < 4.78 is 19.7. The van der Waals surface area contributed by atoms with Crippen LogP contribution in [0.5, 0.6) is 5.75 Å². The van der Waals surface area contributed by atoms with Gasteiger partial charge in [0, 0.05) is 5.56 Å². The first-order chi connectivity index (χ1) is 13.0. The number of ether oxygens (including phenoxy) is 1. The van der Waals surface area contributed by atoms with E-state index in [4.69, 9.17) is 34.5 Å². The molecule has 3 aromatic carbocycles. The van der Waals surface area contributed by atoms with Crippen LogP contribution in [0.3, 0.4) is 0 Å². The van der Waals surface area contributed by atoms with Crippen LogP contribution in [-0.4, -0.2) is 5.24 Å². The first kappa shape index (κ1) is 18.9. The van der Waals surface area contributed by atoms with Crippen LogP contribution in [-0.2, 0) is 6.61 Å². The lowest BCUT2D eigenvalue weighted by Gasteiger charge is -2.16. The van der Waals surface area contributed by atoms with Crippen molar-refractivity contribution in [3.05, 3.63) is 94.0 Å². The van der Waals surface area contributed by atoms with Crippen molar-refractivity contribution in [1.82, 2.24) is 0 Å². The van der Waals surface area contributed by atoms with E-state index in [1.165, 1.54) is 30.3 Å². The van der Waals surface area contributed by atoms with Gasteiger partial charge in [0.05, 0.1) is 17.2 Å². The monoisotopic (exact) mass is 399 g/mol. The molecule has 0 spiro atoms. The van der Waals surface area contributed by atoms with E-state index in [0.717, 1.165) is 5.56 Å². The van der Waals surface area contributed by atoms with Gasteiger partial charge in [0.25, 0.3) is 5.24 Å². The number of rotatable bonds is 5. The van der Waals surface area contributed by atoms with Gasteiger partial charge in [-0.15, -0.1) is 0 Å². The first-order valence-electron chi connectivity index (χ1n) is 7.88. The molecular formula is C21H12Cl2FNO2. The molecular weight excluding hydrogens is 388 g/mol. The minimum Gasteiger partial charge on any atom is -0.488 e. The van der Waals surface area contributed by atoms with E-state index >= 15 is 0 Å². The van der Waals surface area contributed by atoms with Gasteiger partial charge in [-0.05, 0) is 34.9 Å². The molecule has 3 nitrogen and oxygen atoms in total. The highest BCUT2D eigenvalue weighted by Crippen LogP contribution is 2.43. The second-order valence-electron chi connectivity index (χ2n) is 5.59. The minimum atomic E-state index is -0.820. The van der Waals surface area contributed by atoms with Gasteiger partial charge in [0.15, 0.2) is 5.69 Å². The molecule has 0 unspecified atom stereocenters. The number of hydrogen-bond donors (Lipinski definition) is 0. The molecule has 27 heavy (non-hydrogen) atoms. The standard InChI is InChI=1S/C21H12Cl2FNO2/c1-25-16-10-11-17(27-12-13-6-3-2-4-7-13)19(21(23)26)18(16)14-8-5-9-15(24)20(14)22/h2-11H,12H2. The Hall–Kier alpha value is -2.87. The molecule has 0 aromatic heterocycles. The maximum Gasteiger partial charge on any atom is 0.255 e. The molecule has 0 aliphatic heterocycles. The Balaban J connectivity index is 2.15. The van der Waals surface area contributed by atoms with Gasteiger partial charge in [-0.3, -0.25) is 4.79 Å². The van der Waals surface area contributed by atoms with E-state index in [-0.39, 0.29) is 39.8 Å². The van der Waals surface area contributed by atoms with Crippen molar-refractivity contribution in [3.63, 3.8) is 0 Å². The van der Waals surface area contributed by atoms with Crippen LogP contribution in [0.1, 0.15) is 15.9 Å². The predicted octanol–water partition coefficient (Wildman–Crippen LogP) is 6.65. The molecule has 0 aliphatic carbocycles. The fourth-order valence-corrected chi connectivity index (χ4v) is 3.09. The molecule has 0 amide bonds. The maximum atomic E-state index is 13.9. The molecule has 0 radical (unpaired) electrons. The summed E-state index contributed by atoms with van der Waals surface area (Å²) >= 11 is 11.9. The highest BCUT2D eigenvalue weighted by Gasteiger charge is 2.23.